The van der Waals surface area contributed by atoms with E-state index in [1.54, 1.807) is 0 Å². The largest absolute Gasteiger partial charge is 0.434 e. The van der Waals surface area contributed by atoms with Gasteiger partial charge in [-0.25, -0.2) is 0 Å². The average Bonchev–Trinajstić information content (AvgIpc) is 3.00. The molecule has 2 aliphatic rings. The average molecular weight is 494 g/mol. The van der Waals surface area contributed by atoms with Gasteiger partial charge in [-0.15, -0.1) is 0 Å². The van der Waals surface area contributed by atoms with E-state index in [4.69, 9.17) is 18.9 Å². The third-order valence-electron chi connectivity index (χ3n) is 5.19. The Hall–Kier alpha value is -1.48. The quantitative estimate of drug-likeness (QED) is 0.347. The van der Waals surface area contributed by atoms with Crippen molar-refractivity contribution in [1.29, 1.82) is 0 Å². The van der Waals surface area contributed by atoms with Crippen molar-refractivity contribution in [2.75, 3.05) is 0 Å². The molecular weight excluding hydrogens is 471 g/mol. The van der Waals surface area contributed by atoms with Gasteiger partial charge in [-0.3, -0.25) is 4.79 Å². The summed E-state index contributed by atoms with van der Waals surface area (Å²) in [5.41, 5.74) is 2.17. The van der Waals surface area contributed by atoms with Crippen LogP contribution in [0, 0.1) is 5.92 Å². The summed E-state index contributed by atoms with van der Waals surface area (Å²) >= 11 is 2.13. The first kappa shape index (κ1) is 19.8. The van der Waals surface area contributed by atoms with Crippen LogP contribution in [0.1, 0.15) is 18.1 Å². The maximum absolute atomic E-state index is 12.1. The molecule has 0 aliphatic carbocycles. The van der Waals surface area contributed by atoms with Crippen LogP contribution >= 0.6 is 22.6 Å². The zero-order valence-corrected chi connectivity index (χ0v) is 17.7. The highest BCUT2D eigenvalue weighted by Gasteiger charge is 2.56. The van der Waals surface area contributed by atoms with Crippen LogP contribution < -0.4 is 0 Å². The Labute approximate surface area is 178 Å². The lowest BCUT2D eigenvalue weighted by Crippen LogP contribution is -2.55. The van der Waals surface area contributed by atoms with Crippen LogP contribution in [-0.4, -0.2) is 34.5 Å². The van der Waals surface area contributed by atoms with Gasteiger partial charge >= 0.3 is 5.97 Å². The molecule has 0 bridgehead atoms. The van der Waals surface area contributed by atoms with Crippen LogP contribution in [-0.2, 0) is 37.0 Å². The van der Waals surface area contributed by atoms with Gasteiger partial charge in [0.2, 0.25) is 6.29 Å². The maximum Gasteiger partial charge on any atom is 0.321 e. The number of alkyl halides is 1. The summed E-state index contributed by atoms with van der Waals surface area (Å²) in [7, 11) is 0. The Kier molecular flexibility index (Phi) is 6.30. The van der Waals surface area contributed by atoms with Gasteiger partial charge in [0, 0.05) is 0 Å². The first-order valence-electron chi connectivity index (χ1n) is 9.44. The Bertz CT molecular complexity index is 784. The summed E-state index contributed by atoms with van der Waals surface area (Å²) in [6, 6.07) is 20.0. The van der Waals surface area contributed by atoms with Gasteiger partial charge in [0.05, 0.1) is 31.3 Å². The fourth-order valence-corrected chi connectivity index (χ4v) is 4.63. The van der Waals surface area contributed by atoms with Gasteiger partial charge in [0.1, 0.15) is 10.0 Å². The molecule has 2 aromatic carbocycles. The second-order valence-corrected chi connectivity index (χ2v) is 8.49. The first-order valence-corrected chi connectivity index (χ1v) is 10.7. The minimum absolute atomic E-state index is 0.200. The number of carbonyl (C=O) groups is 1. The number of halogens is 1. The van der Waals surface area contributed by atoms with Gasteiger partial charge in [0.15, 0.2) is 0 Å². The molecule has 0 spiro atoms. The summed E-state index contributed by atoms with van der Waals surface area (Å²) < 4.78 is 23.7. The molecule has 2 fully saturated rings. The first-order chi connectivity index (χ1) is 13.6. The molecule has 0 aromatic heterocycles. The third-order valence-corrected chi connectivity index (χ3v) is 6.53. The molecule has 2 saturated heterocycles. The Morgan fingerprint density at radius 2 is 1.43 bits per heavy atom. The van der Waals surface area contributed by atoms with E-state index in [0.717, 1.165) is 11.1 Å². The zero-order chi connectivity index (χ0) is 19.5. The fraction of sp³-hybridized carbons (Fsp3) is 0.409. The lowest BCUT2D eigenvalue weighted by molar-refractivity contribution is -0.266. The molecule has 6 atom stereocenters. The van der Waals surface area contributed by atoms with Crippen molar-refractivity contribution >= 4 is 28.6 Å². The van der Waals surface area contributed by atoms with E-state index in [1.165, 1.54) is 0 Å². The summed E-state index contributed by atoms with van der Waals surface area (Å²) in [5.74, 6) is -0.450. The highest BCUT2D eigenvalue weighted by Crippen LogP contribution is 2.41. The molecule has 148 valence electrons. The number of carbonyl (C=O) groups excluding carboxylic acids is 1. The highest BCUT2D eigenvalue weighted by atomic mass is 127. The lowest BCUT2D eigenvalue weighted by atomic mass is 9.89. The molecule has 0 N–H and O–H groups in total. The molecule has 2 heterocycles. The van der Waals surface area contributed by atoms with Gasteiger partial charge in [-0.2, -0.15) is 0 Å². The summed E-state index contributed by atoms with van der Waals surface area (Å²) in [4.78, 5) is 12.1. The minimum atomic E-state index is -0.582. The highest BCUT2D eigenvalue weighted by molar-refractivity contribution is 14.1. The minimum Gasteiger partial charge on any atom is -0.434 e. The van der Waals surface area contributed by atoms with Crippen LogP contribution in [0.5, 0.6) is 0 Å². The molecule has 5 nitrogen and oxygen atoms in total. The van der Waals surface area contributed by atoms with Crippen molar-refractivity contribution in [1.82, 2.24) is 0 Å². The van der Waals surface area contributed by atoms with E-state index in [9.17, 15) is 4.79 Å². The third kappa shape index (κ3) is 4.25. The van der Waals surface area contributed by atoms with Gasteiger partial charge in [-0.1, -0.05) is 83.3 Å². The monoisotopic (exact) mass is 494 g/mol. The zero-order valence-electron chi connectivity index (χ0n) is 15.6. The van der Waals surface area contributed by atoms with Gasteiger partial charge < -0.3 is 18.9 Å². The lowest BCUT2D eigenvalue weighted by Gasteiger charge is -2.42. The normalized spacial score (nSPS) is 32.0. The smallest absolute Gasteiger partial charge is 0.321 e. The van der Waals surface area contributed by atoms with E-state index < -0.39 is 6.29 Å². The Morgan fingerprint density at radius 1 is 0.893 bits per heavy atom. The van der Waals surface area contributed by atoms with Crippen LogP contribution in [0.2, 0.25) is 0 Å². The van der Waals surface area contributed by atoms with Gasteiger partial charge in [-0.05, 0) is 18.1 Å². The molecular formula is C22H23IO5. The molecule has 2 aliphatic heterocycles. The number of rotatable bonds is 6. The van der Waals surface area contributed by atoms with Crippen LogP contribution in [0.15, 0.2) is 60.7 Å². The van der Waals surface area contributed by atoms with E-state index >= 15 is 0 Å². The van der Waals surface area contributed by atoms with Crippen molar-refractivity contribution in [3.8, 4) is 0 Å². The van der Waals surface area contributed by atoms with E-state index in [0.29, 0.717) is 13.2 Å². The van der Waals surface area contributed by atoms with Gasteiger partial charge in [0.25, 0.3) is 0 Å². The SMILES string of the molecule is C[C@@H]1O[C@H]2OC(=O)[C@H](I)[C@H]2[C@H](OCc2ccccc2)[C@H]1OCc1ccccc1. The topological polar surface area (TPSA) is 54.0 Å². The van der Waals surface area contributed by atoms with Crippen molar-refractivity contribution < 1.29 is 23.7 Å². The number of ether oxygens (including phenoxy) is 4. The van der Waals surface area contributed by atoms with E-state index in [1.807, 2.05) is 67.6 Å². The van der Waals surface area contributed by atoms with E-state index in [2.05, 4.69) is 22.6 Å². The summed E-state index contributed by atoms with van der Waals surface area (Å²) in [6.45, 7) is 2.85. The number of hydrogen-bond acceptors (Lipinski definition) is 5. The summed E-state index contributed by atoms with van der Waals surface area (Å²) in [6.07, 6.45) is -1.43. The van der Waals surface area contributed by atoms with Crippen molar-refractivity contribution in [2.45, 2.75) is 48.7 Å². The second-order valence-electron chi connectivity index (χ2n) is 7.15. The molecule has 2 aromatic rings. The number of benzene rings is 2. The van der Waals surface area contributed by atoms with Crippen LogP contribution in [0.25, 0.3) is 0 Å². The van der Waals surface area contributed by atoms with Crippen LogP contribution in [0.3, 0.4) is 0 Å². The Morgan fingerprint density at radius 3 is 2.00 bits per heavy atom. The number of fused-ring (bicyclic) bond motifs is 1. The molecule has 0 amide bonds. The van der Waals surface area contributed by atoms with Crippen molar-refractivity contribution in [3.63, 3.8) is 0 Å². The number of hydrogen-bond donors (Lipinski definition) is 0. The van der Waals surface area contributed by atoms with Crippen molar-refractivity contribution in [2.24, 2.45) is 5.92 Å². The molecule has 0 saturated carbocycles. The molecule has 4 rings (SSSR count). The standard InChI is InChI=1S/C22H23IO5/c1-14-19(25-12-15-8-4-2-5-9-15)20(26-13-16-10-6-3-7-11-16)17-18(23)21(24)28-22(17)27-14/h2-11,14,17-20,22H,12-13H2,1H3/t14-,17-,18+,19-,20-,22-/m0/s1. The molecule has 0 radical (unpaired) electrons. The molecule has 0 unspecified atom stereocenters. The second kappa shape index (κ2) is 8.90. The predicted octanol–water partition coefficient (Wildman–Crippen LogP) is 3.88. The fourth-order valence-electron chi connectivity index (χ4n) is 3.74. The Balaban J connectivity index is 1.53. The number of esters is 1. The molecule has 28 heavy (non-hydrogen) atoms. The molecule has 6 heteroatoms. The summed E-state index contributed by atoms with van der Waals surface area (Å²) in [5, 5.41) is 0. The predicted molar refractivity (Wildman–Crippen MR) is 112 cm³/mol. The van der Waals surface area contributed by atoms with Crippen LogP contribution in [0.4, 0.5) is 0 Å². The maximum atomic E-state index is 12.1. The van der Waals surface area contributed by atoms with E-state index in [-0.39, 0.29) is 34.1 Å². The van der Waals surface area contributed by atoms with Crippen molar-refractivity contribution in [3.05, 3.63) is 71.8 Å².